The lowest BCUT2D eigenvalue weighted by atomic mass is 10.1. The molecule has 0 bridgehead atoms. The van der Waals surface area contributed by atoms with Crippen molar-refractivity contribution in [1.29, 1.82) is 0 Å². The van der Waals surface area contributed by atoms with Gasteiger partial charge in [-0.1, -0.05) is 25.1 Å². The van der Waals surface area contributed by atoms with Gasteiger partial charge in [-0.15, -0.1) is 11.3 Å². The Kier molecular flexibility index (Phi) is 4.06. The number of nitrogens with zero attached hydrogens (tertiary/aromatic N) is 3. The van der Waals surface area contributed by atoms with Crippen molar-refractivity contribution in [3.8, 4) is 11.3 Å². The molecule has 1 fully saturated rings. The average Bonchev–Trinajstić information content (AvgIpc) is 3.14. The van der Waals surface area contributed by atoms with Crippen LogP contribution in [0.3, 0.4) is 0 Å². The number of rotatable bonds is 5. The van der Waals surface area contributed by atoms with Gasteiger partial charge in [0, 0.05) is 22.9 Å². The van der Waals surface area contributed by atoms with Crippen LogP contribution in [-0.2, 0) is 4.79 Å². The van der Waals surface area contributed by atoms with Gasteiger partial charge in [0.1, 0.15) is 0 Å². The van der Waals surface area contributed by atoms with Crippen molar-refractivity contribution >= 4 is 34.4 Å². The van der Waals surface area contributed by atoms with Gasteiger partial charge in [-0.2, -0.15) is 5.10 Å². The normalized spacial score (nSPS) is 14.7. The third kappa shape index (κ3) is 3.13. The van der Waals surface area contributed by atoms with Crippen molar-refractivity contribution in [2.24, 2.45) is 5.41 Å². The third-order valence-electron chi connectivity index (χ3n) is 5.36. The number of carbonyl (C=O) groups excluding carboxylic acids is 2. The summed E-state index contributed by atoms with van der Waals surface area (Å²) in [7, 11) is 0. The molecule has 7 heteroatoms. The molecule has 0 saturated heterocycles. The van der Waals surface area contributed by atoms with Crippen LogP contribution in [0.15, 0.2) is 60.2 Å². The van der Waals surface area contributed by atoms with E-state index < -0.39 is 0 Å². The molecule has 5 rings (SSSR count). The molecule has 0 spiro atoms. The van der Waals surface area contributed by atoms with E-state index in [1.165, 1.54) is 11.3 Å². The fourth-order valence-corrected chi connectivity index (χ4v) is 3.94. The minimum atomic E-state index is -0.237. The van der Waals surface area contributed by atoms with E-state index in [0.29, 0.717) is 16.1 Å². The zero-order chi connectivity index (χ0) is 20.0. The fourth-order valence-electron chi connectivity index (χ4n) is 3.26. The summed E-state index contributed by atoms with van der Waals surface area (Å²) in [6, 6.07) is 13.1. The Balaban J connectivity index is 1.52. The number of thiophene rings is 1. The van der Waals surface area contributed by atoms with Gasteiger partial charge in [0.25, 0.3) is 0 Å². The highest BCUT2D eigenvalue weighted by Crippen LogP contribution is 2.45. The van der Waals surface area contributed by atoms with Crippen molar-refractivity contribution in [1.82, 2.24) is 14.6 Å². The molecule has 1 N–H and O–H groups in total. The van der Waals surface area contributed by atoms with Crippen LogP contribution in [0.2, 0.25) is 0 Å². The molecule has 1 amide bonds. The number of nitrogens with one attached hydrogen (secondary N) is 1. The first-order valence-electron chi connectivity index (χ1n) is 9.38. The van der Waals surface area contributed by atoms with Crippen LogP contribution >= 0.6 is 11.3 Å². The molecular weight excluding hydrogens is 384 g/mol. The Morgan fingerprint density at radius 2 is 2.03 bits per heavy atom. The second kappa shape index (κ2) is 6.63. The molecule has 0 radical (unpaired) electrons. The van der Waals surface area contributed by atoms with E-state index in [2.05, 4.69) is 15.4 Å². The molecule has 4 aromatic rings. The number of ketones is 1. The van der Waals surface area contributed by atoms with Crippen LogP contribution in [0.1, 0.15) is 35.0 Å². The fraction of sp³-hybridized carbons (Fsp3) is 0.182. The first-order valence-corrected chi connectivity index (χ1v) is 10.3. The van der Waals surface area contributed by atoms with Gasteiger partial charge < -0.3 is 5.32 Å². The minimum absolute atomic E-state index is 0.0532. The third-order valence-corrected chi connectivity index (χ3v) is 6.22. The molecule has 6 nitrogen and oxygen atoms in total. The predicted octanol–water partition coefficient (Wildman–Crippen LogP) is 4.43. The number of anilines is 1. The first-order chi connectivity index (χ1) is 14.0. The summed E-state index contributed by atoms with van der Waals surface area (Å²) < 4.78 is 1.67. The van der Waals surface area contributed by atoms with Gasteiger partial charge in [0.05, 0.1) is 22.3 Å². The quantitative estimate of drug-likeness (QED) is 0.501. The standard InChI is InChI=1S/C22H18N4O2S/c1-22(8-9-22)21(28)25-15-5-2-4-14(12-15)17-7-10-23-20-16(13-24-26(17)20)19(27)18-6-3-11-29-18/h2-7,10-13H,8-9H2,1H3,(H,25,28). The van der Waals surface area contributed by atoms with Crippen LogP contribution in [-0.4, -0.2) is 26.3 Å². The largest absolute Gasteiger partial charge is 0.326 e. The SMILES string of the molecule is CC1(C(=O)Nc2cccc(-c3ccnc4c(C(=O)c5cccs5)cnn34)c2)CC1. The number of fused-ring (bicyclic) bond motifs is 1. The molecule has 0 unspecified atom stereocenters. The lowest BCUT2D eigenvalue weighted by Gasteiger charge is -2.11. The molecule has 1 aromatic carbocycles. The van der Waals surface area contributed by atoms with Crippen molar-refractivity contribution in [2.45, 2.75) is 19.8 Å². The summed E-state index contributed by atoms with van der Waals surface area (Å²) >= 11 is 1.40. The number of aromatic nitrogens is 3. The minimum Gasteiger partial charge on any atom is -0.326 e. The molecule has 144 valence electrons. The average molecular weight is 402 g/mol. The van der Waals surface area contributed by atoms with Gasteiger partial charge in [-0.25, -0.2) is 9.50 Å². The Hall–Kier alpha value is -3.32. The zero-order valence-corrected chi connectivity index (χ0v) is 16.6. The molecule has 1 aliphatic rings. The maximum Gasteiger partial charge on any atom is 0.230 e. The molecule has 3 heterocycles. The smallest absolute Gasteiger partial charge is 0.230 e. The van der Waals surface area contributed by atoms with Gasteiger partial charge >= 0.3 is 0 Å². The molecular formula is C22H18N4O2S. The topological polar surface area (TPSA) is 76.4 Å². The molecule has 0 aliphatic heterocycles. The van der Waals surface area contributed by atoms with E-state index in [0.717, 1.165) is 29.8 Å². The van der Waals surface area contributed by atoms with Gasteiger partial charge in [0.15, 0.2) is 5.65 Å². The highest BCUT2D eigenvalue weighted by molar-refractivity contribution is 7.12. The van der Waals surface area contributed by atoms with Gasteiger partial charge in [-0.3, -0.25) is 9.59 Å². The summed E-state index contributed by atoms with van der Waals surface area (Å²) in [6.07, 6.45) is 5.09. The molecule has 0 atom stereocenters. The number of hydrogen-bond acceptors (Lipinski definition) is 5. The number of benzene rings is 1. The lowest BCUT2D eigenvalue weighted by Crippen LogP contribution is -2.21. The predicted molar refractivity (Wildman–Crippen MR) is 112 cm³/mol. The Morgan fingerprint density at radius 1 is 1.17 bits per heavy atom. The second-order valence-electron chi connectivity index (χ2n) is 7.53. The van der Waals surface area contributed by atoms with Crippen LogP contribution < -0.4 is 5.32 Å². The van der Waals surface area contributed by atoms with Crippen molar-refractivity contribution in [3.63, 3.8) is 0 Å². The van der Waals surface area contributed by atoms with E-state index >= 15 is 0 Å². The van der Waals surface area contributed by atoms with Crippen LogP contribution in [0.5, 0.6) is 0 Å². The lowest BCUT2D eigenvalue weighted by molar-refractivity contribution is -0.120. The maximum atomic E-state index is 12.8. The van der Waals surface area contributed by atoms with Gasteiger partial charge in [-0.05, 0) is 42.5 Å². The van der Waals surface area contributed by atoms with E-state index in [-0.39, 0.29) is 17.1 Å². The highest BCUT2D eigenvalue weighted by atomic mass is 32.1. The second-order valence-corrected chi connectivity index (χ2v) is 8.47. The summed E-state index contributed by atoms with van der Waals surface area (Å²) in [4.78, 5) is 30.2. The Morgan fingerprint density at radius 3 is 2.79 bits per heavy atom. The van der Waals surface area contributed by atoms with E-state index in [1.807, 2.05) is 48.7 Å². The Labute approximate surface area is 171 Å². The maximum absolute atomic E-state index is 12.8. The van der Waals surface area contributed by atoms with E-state index in [4.69, 9.17) is 0 Å². The van der Waals surface area contributed by atoms with Gasteiger partial charge in [0.2, 0.25) is 11.7 Å². The summed E-state index contributed by atoms with van der Waals surface area (Å²) in [5.74, 6) is -0.0317. The van der Waals surface area contributed by atoms with Crippen LogP contribution in [0, 0.1) is 5.41 Å². The summed E-state index contributed by atoms with van der Waals surface area (Å²) in [5, 5.41) is 9.30. The molecule has 1 saturated carbocycles. The number of hydrogen-bond donors (Lipinski definition) is 1. The van der Waals surface area contributed by atoms with Crippen molar-refractivity contribution in [2.75, 3.05) is 5.32 Å². The van der Waals surface area contributed by atoms with Crippen LogP contribution in [0.25, 0.3) is 16.9 Å². The Bertz CT molecular complexity index is 1240. The number of carbonyl (C=O) groups is 2. The molecule has 1 aliphatic carbocycles. The summed E-state index contributed by atoms with van der Waals surface area (Å²) in [5.41, 5.74) is 3.18. The zero-order valence-electron chi connectivity index (χ0n) is 15.8. The first kappa shape index (κ1) is 17.8. The van der Waals surface area contributed by atoms with E-state index in [9.17, 15) is 9.59 Å². The highest BCUT2D eigenvalue weighted by Gasteiger charge is 2.44. The molecule has 3 aromatic heterocycles. The monoisotopic (exact) mass is 402 g/mol. The van der Waals surface area contributed by atoms with Crippen LogP contribution in [0.4, 0.5) is 5.69 Å². The van der Waals surface area contributed by atoms with E-state index in [1.54, 1.807) is 23.0 Å². The summed E-state index contributed by atoms with van der Waals surface area (Å²) in [6.45, 7) is 1.98. The van der Waals surface area contributed by atoms with Crippen molar-refractivity contribution in [3.05, 3.63) is 70.7 Å². The van der Waals surface area contributed by atoms with Crippen molar-refractivity contribution < 1.29 is 9.59 Å². The number of amides is 1. The molecule has 29 heavy (non-hydrogen) atoms.